The lowest BCUT2D eigenvalue weighted by Gasteiger charge is -2.40. The SMILES string of the molecule is CCOC(=O)C1=C(N)OC2=C(C(=O)C[C@@H](c3ccc(F)cc3)C2)[C@]12C(=O)N(C)c1ccccc12. The highest BCUT2D eigenvalue weighted by atomic mass is 19.1. The molecule has 0 aromatic heterocycles. The second-order valence-electron chi connectivity index (χ2n) is 8.57. The fourth-order valence-corrected chi connectivity index (χ4v) is 5.35. The predicted molar refractivity (Wildman–Crippen MR) is 121 cm³/mol. The third-order valence-corrected chi connectivity index (χ3v) is 6.77. The lowest BCUT2D eigenvalue weighted by atomic mass is 9.63. The van der Waals surface area contributed by atoms with Crippen molar-refractivity contribution in [1.29, 1.82) is 0 Å². The summed E-state index contributed by atoms with van der Waals surface area (Å²) in [5, 5.41) is 0. The fourth-order valence-electron chi connectivity index (χ4n) is 5.35. The lowest BCUT2D eigenvalue weighted by molar-refractivity contribution is -0.141. The van der Waals surface area contributed by atoms with Gasteiger partial charge in [0, 0.05) is 31.1 Å². The Morgan fingerprint density at radius 3 is 2.59 bits per heavy atom. The smallest absolute Gasteiger partial charge is 0.341 e. The standard InChI is InChI=1S/C26H23FN2O5/c1-3-33-24(31)22-23(28)34-20-13-15(14-8-10-16(27)11-9-14)12-19(30)21(20)26(22)17-6-4-5-7-18(17)29(2)25(26)32/h4-11,15H,3,12-13,28H2,1-2H3/t15-,26+/m1/s1. The summed E-state index contributed by atoms with van der Waals surface area (Å²) in [6.07, 6.45) is 0.342. The summed E-state index contributed by atoms with van der Waals surface area (Å²) in [5.41, 5.74) is 6.29. The number of nitrogens with two attached hydrogens (primary N) is 1. The summed E-state index contributed by atoms with van der Waals surface area (Å²) < 4.78 is 24.6. The Balaban J connectivity index is 1.74. The zero-order valence-electron chi connectivity index (χ0n) is 18.8. The summed E-state index contributed by atoms with van der Waals surface area (Å²) in [4.78, 5) is 42.3. The van der Waals surface area contributed by atoms with Crippen LogP contribution in [0.25, 0.3) is 0 Å². The highest BCUT2D eigenvalue weighted by Crippen LogP contribution is 2.56. The Bertz CT molecular complexity index is 1300. The van der Waals surface area contributed by atoms with Gasteiger partial charge >= 0.3 is 5.97 Å². The van der Waals surface area contributed by atoms with E-state index in [1.54, 1.807) is 50.4 Å². The molecular formula is C26H23FN2O5. The summed E-state index contributed by atoms with van der Waals surface area (Å²) >= 11 is 0. The van der Waals surface area contributed by atoms with Crippen LogP contribution in [0.2, 0.25) is 0 Å². The first kappa shape index (κ1) is 21.9. The zero-order valence-corrected chi connectivity index (χ0v) is 18.8. The van der Waals surface area contributed by atoms with Gasteiger partial charge in [-0.05, 0) is 36.6 Å². The van der Waals surface area contributed by atoms with Crippen LogP contribution in [-0.2, 0) is 29.3 Å². The third-order valence-electron chi connectivity index (χ3n) is 6.77. The molecule has 2 atom stereocenters. The van der Waals surface area contributed by atoms with Crippen LogP contribution in [-0.4, -0.2) is 31.3 Å². The number of esters is 1. The number of halogens is 1. The molecule has 7 nitrogen and oxygen atoms in total. The monoisotopic (exact) mass is 462 g/mol. The summed E-state index contributed by atoms with van der Waals surface area (Å²) in [5.74, 6) is -2.28. The van der Waals surface area contributed by atoms with Crippen molar-refractivity contribution in [2.75, 3.05) is 18.6 Å². The molecule has 0 saturated heterocycles. The Morgan fingerprint density at radius 2 is 1.88 bits per heavy atom. The van der Waals surface area contributed by atoms with Gasteiger partial charge < -0.3 is 20.1 Å². The normalized spacial score (nSPS) is 23.7. The van der Waals surface area contributed by atoms with Gasteiger partial charge in [-0.3, -0.25) is 9.59 Å². The van der Waals surface area contributed by atoms with Crippen LogP contribution in [0.4, 0.5) is 10.1 Å². The largest absolute Gasteiger partial charge is 0.462 e. The predicted octanol–water partition coefficient (Wildman–Crippen LogP) is 3.20. The molecule has 0 saturated carbocycles. The maximum atomic E-state index is 13.9. The van der Waals surface area contributed by atoms with Crippen molar-refractivity contribution in [3.63, 3.8) is 0 Å². The molecule has 2 aliphatic heterocycles. The van der Waals surface area contributed by atoms with Gasteiger partial charge in [-0.25, -0.2) is 9.18 Å². The number of Topliss-reactive ketones (excluding diaryl/α,β-unsaturated/α-hetero) is 1. The molecule has 0 bridgehead atoms. The molecule has 5 rings (SSSR count). The quantitative estimate of drug-likeness (QED) is 0.704. The van der Waals surface area contributed by atoms with E-state index in [1.807, 2.05) is 0 Å². The van der Waals surface area contributed by atoms with Gasteiger partial charge in [0.25, 0.3) is 0 Å². The second kappa shape index (κ2) is 7.83. The molecule has 2 aromatic carbocycles. The van der Waals surface area contributed by atoms with E-state index in [4.69, 9.17) is 15.2 Å². The number of fused-ring (bicyclic) bond motifs is 3. The van der Waals surface area contributed by atoms with Crippen molar-refractivity contribution in [3.8, 4) is 0 Å². The average Bonchev–Trinajstić information content (AvgIpc) is 3.02. The molecule has 174 valence electrons. The van der Waals surface area contributed by atoms with E-state index >= 15 is 0 Å². The molecule has 2 heterocycles. The van der Waals surface area contributed by atoms with E-state index in [2.05, 4.69) is 0 Å². The van der Waals surface area contributed by atoms with Crippen molar-refractivity contribution in [2.45, 2.75) is 31.1 Å². The molecule has 3 aliphatic rings. The van der Waals surface area contributed by atoms with Gasteiger partial charge in [-0.15, -0.1) is 0 Å². The van der Waals surface area contributed by atoms with Crippen LogP contribution in [0.5, 0.6) is 0 Å². The van der Waals surface area contributed by atoms with E-state index in [1.165, 1.54) is 17.0 Å². The van der Waals surface area contributed by atoms with Gasteiger partial charge in [-0.2, -0.15) is 0 Å². The number of ether oxygens (including phenoxy) is 2. The van der Waals surface area contributed by atoms with Crippen LogP contribution in [0.15, 0.2) is 71.3 Å². The fraction of sp³-hybridized carbons (Fsp3) is 0.269. The molecule has 8 heteroatoms. The Kier molecular flexibility index (Phi) is 5.04. The minimum Gasteiger partial charge on any atom is -0.462 e. The summed E-state index contributed by atoms with van der Waals surface area (Å²) in [6, 6.07) is 12.9. The number of carbonyl (C=O) groups excluding carboxylic acids is 3. The van der Waals surface area contributed by atoms with Crippen LogP contribution in [0.1, 0.15) is 36.8 Å². The molecule has 0 fully saturated rings. The number of benzene rings is 2. The number of carbonyl (C=O) groups is 3. The van der Waals surface area contributed by atoms with Crippen LogP contribution >= 0.6 is 0 Å². The number of hydrogen-bond acceptors (Lipinski definition) is 6. The minimum absolute atomic E-state index is 0.0594. The highest BCUT2D eigenvalue weighted by molar-refractivity contribution is 6.23. The van der Waals surface area contributed by atoms with Crippen LogP contribution < -0.4 is 10.6 Å². The van der Waals surface area contributed by atoms with Crippen molar-refractivity contribution >= 4 is 23.3 Å². The number of ketones is 1. The number of para-hydroxylation sites is 1. The maximum Gasteiger partial charge on any atom is 0.341 e. The minimum atomic E-state index is -1.75. The van der Waals surface area contributed by atoms with Crippen molar-refractivity contribution in [1.82, 2.24) is 0 Å². The van der Waals surface area contributed by atoms with E-state index < -0.39 is 17.3 Å². The van der Waals surface area contributed by atoms with Gasteiger partial charge in [0.15, 0.2) is 5.78 Å². The molecule has 1 amide bonds. The number of amides is 1. The highest BCUT2D eigenvalue weighted by Gasteiger charge is 2.63. The van der Waals surface area contributed by atoms with Gasteiger partial charge in [-0.1, -0.05) is 30.3 Å². The first-order chi connectivity index (χ1) is 16.3. The van der Waals surface area contributed by atoms with Gasteiger partial charge in [0.05, 0.1) is 12.2 Å². The van der Waals surface area contributed by atoms with Crippen LogP contribution in [0, 0.1) is 5.82 Å². The Hall–Kier alpha value is -3.94. The molecule has 34 heavy (non-hydrogen) atoms. The van der Waals surface area contributed by atoms with E-state index in [-0.39, 0.29) is 59.8 Å². The average molecular weight is 462 g/mol. The molecule has 1 spiro atoms. The molecule has 2 N–H and O–H groups in total. The van der Waals surface area contributed by atoms with E-state index in [9.17, 15) is 18.8 Å². The summed E-state index contributed by atoms with van der Waals surface area (Å²) in [6.45, 7) is 1.70. The number of rotatable bonds is 3. The zero-order chi connectivity index (χ0) is 24.2. The molecule has 0 radical (unpaired) electrons. The van der Waals surface area contributed by atoms with Gasteiger partial charge in [0.2, 0.25) is 11.8 Å². The molecule has 2 aromatic rings. The summed E-state index contributed by atoms with van der Waals surface area (Å²) in [7, 11) is 1.60. The number of allylic oxidation sites excluding steroid dienone is 1. The van der Waals surface area contributed by atoms with E-state index in [0.29, 0.717) is 11.3 Å². The first-order valence-electron chi connectivity index (χ1n) is 11.1. The van der Waals surface area contributed by atoms with Gasteiger partial charge in [0.1, 0.15) is 22.6 Å². The number of hydrogen-bond donors (Lipinski definition) is 1. The first-order valence-corrected chi connectivity index (χ1v) is 11.1. The number of anilines is 1. The molecule has 0 unspecified atom stereocenters. The molecule has 1 aliphatic carbocycles. The topological polar surface area (TPSA) is 98.9 Å². The lowest BCUT2D eigenvalue weighted by Crippen LogP contribution is -2.51. The van der Waals surface area contributed by atoms with E-state index in [0.717, 1.165) is 5.56 Å². The molecular weight excluding hydrogens is 439 g/mol. The number of likely N-dealkylation sites (N-methyl/N-ethyl adjacent to an activating group) is 1. The second-order valence-corrected chi connectivity index (χ2v) is 8.57. The van der Waals surface area contributed by atoms with Crippen molar-refractivity contribution in [2.24, 2.45) is 5.73 Å². The van der Waals surface area contributed by atoms with Crippen molar-refractivity contribution in [3.05, 3.63) is 88.3 Å². The number of nitrogens with zero attached hydrogens (tertiary/aromatic N) is 1. The third kappa shape index (κ3) is 2.91. The van der Waals surface area contributed by atoms with Crippen molar-refractivity contribution < 1.29 is 28.2 Å². The van der Waals surface area contributed by atoms with Crippen LogP contribution in [0.3, 0.4) is 0 Å². The Labute approximate surface area is 195 Å². The Morgan fingerprint density at radius 1 is 1.18 bits per heavy atom. The maximum absolute atomic E-state index is 13.9.